The lowest BCUT2D eigenvalue weighted by Gasteiger charge is -2.19. The Balaban J connectivity index is 2.61. The molecule has 0 aliphatic carbocycles. The Hall–Kier alpha value is -1.85. The smallest absolute Gasteiger partial charge is 0.262 e. The lowest BCUT2D eigenvalue weighted by Crippen LogP contribution is -2.45. The first-order valence-corrected chi connectivity index (χ1v) is 5.56. The second kappa shape index (κ2) is 6.03. The molecule has 1 aromatic heterocycles. The number of aromatic nitrogens is 2. The predicted octanol–water partition coefficient (Wildman–Crippen LogP) is 0.504. The molecule has 0 spiro atoms. The van der Waals surface area contributed by atoms with Gasteiger partial charge in [0.2, 0.25) is 5.91 Å². The highest BCUT2D eigenvalue weighted by atomic mass is 16.2. The zero-order chi connectivity index (χ0) is 12.8. The van der Waals surface area contributed by atoms with Gasteiger partial charge in [-0.1, -0.05) is 13.8 Å². The lowest BCUT2D eigenvalue weighted by atomic mass is 10.0. The molecule has 17 heavy (non-hydrogen) atoms. The van der Waals surface area contributed by atoms with Crippen molar-refractivity contribution in [3.05, 3.63) is 18.5 Å². The Morgan fingerprint density at radius 3 is 2.59 bits per heavy atom. The summed E-state index contributed by atoms with van der Waals surface area (Å²) in [6.45, 7) is 5.39. The number of nitrogens with one attached hydrogen (secondary N) is 2. The van der Waals surface area contributed by atoms with E-state index < -0.39 is 6.04 Å². The Morgan fingerprint density at radius 1 is 1.41 bits per heavy atom. The molecule has 2 N–H and O–H groups in total. The van der Waals surface area contributed by atoms with E-state index >= 15 is 0 Å². The van der Waals surface area contributed by atoms with E-state index in [0.717, 1.165) is 0 Å². The Labute approximate surface area is 100 Å². The van der Waals surface area contributed by atoms with Gasteiger partial charge >= 0.3 is 0 Å². The minimum Gasteiger partial charge on any atom is -0.344 e. The fraction of sp³-hybridized carbons (Fsp3) is 0.545. The third kappa shape index (κ3) is 4.67. The molecule has 0 aromatic carbocycles. The van der Waals surface area contributed by atoms with E-state index in [4.69, 9.17) is 0 Å². The van der Waals surface area contributed by atoms with Gasteiger partial charge in [0.1, 0.15) is 6.04 Å². The Kier molecular flexibility index (Phi) is 4.68. The minimum absolute atomic E-state index is 0.216. The molecule has 1 aromatic rings. The van der Waals surface area contributed by atoms with Gasteiger partial charge < -0.3 is 5.32 Å². The molecule has 0 aliphatic heterocycles. The first kappa shape index (κ1) is 13.2. The standard InChI is InChI=1S/C11H18N4O2/c1-8(2)7-10(13-9(3)16)11(17)14-15-6-4-5-12-15/h4-6,8,10H,7H2,1-3H3,(H,13,16)(H,14,17). The molecule has 1 unspecified atom stereocenters. The van der Waals surface area contributed by atoms with Crippen LogP contribution in [0.1, 0.15) is 27.2 Å². The van der Waals surface area contributed by atoms with Gasteiger partial charge in [0.25, 0.3) is 5.91 Å². The SMILES string of the molecule is CC(=O)NC(CC(C)C)C(=O)Nn1cccn1. The van der Waals surface area contributed by atoms with Crippen LogP contribution in [-0.2, 0) is 9.59 Å². The Bertz CT molecular complexity index is 373. The van der Waals surface area contributed by atoms with Crippen LogP contribution in [0.25, 0.3) is 0 Å². The van der Waals surface area contributed by atoms with Crippen LogP contribution in [0.15, 0.2) is 18.5 Å². The maximum absolute atomic E-state index is 11.9. The fourth-order valence-electron chi connectivity index (χ4n) is 1.47. The summed E-state index contributed by atoms with van der Waals surface area (Å²) in [4.78, 5) is 24.2. The average Bonchev–Trinajstić information content (AvgIpc) is 2.67. The van der Waals surface area contributed by atoms with Crippen molar-refractivity contribution < 1.29 is 9.59 Å². The molecule has 0 saturated heterocycles. The van der Waals surface area contributed by atoms with Crippen molar-refractivity contribution in [1.82, 2.24) is 15.2 Å². The number of rotatable bonds is 5. The Morgan fingerprint density at radius 2 is 2.12 bits per heavy atom. The van der Waals surface area contributed by atoms with E-state index in [9.17, 15) is 9.59 Å². The average molecular weight is 238 g/mol. The summed E-state index contributed by atoms with van der Waals surface area (Å²) in [6.07, 6.45) is 3.78. The first-order valence-electron chi connectivity index (χ1n) is 5.56. The zero-order valence-corrected chi connectivity index (χ0v) is 10.3. The van der Waals surface area contributed by atoms with E-state index in [-0.39, 0.29) is 11.8 Å². The predicted molar refractivity (Wildman–Crippen MR) is 63.7 cm³/mol. The van der Waals surface area contributed by atoms with Gasteiger partial charge in [0, 0.05) is 13.1 Å². The van der Waals surface area contributed by atoms with Crippen LogP contribution in [0.4, 0.5) is 0 Å². The van der Waals surface area contributed by atoms with Gasteiger partial charge in [-0.05, 0) is 18.4 Å². The van der Waals surface area contributed by atoms with E-state index in [2.05, 4.69) is 15.8 Å². The third-order valence-corrected chi connectivity index (χ3v) is 2.13. The second-order valence-electron chi connectivity index (χ2n) is 4.31. The van der Waals surface area contributed by atoms with Crippen molar-refractivity contribution in [1.29, 1.82) is 0 Å². The monoisotopic (exact) mass is 238 g/mol. The maximum Gasteiger partial charge on any atom is 0.262 e. The zero-order valence-electron chi connectivity index (χ0n) is 10.3. The van der Waals surface area contributed by atoms with Crippen molar-refractivity contribution in [3.8, 4) is 0 Å². The van der Waals surface area contributed by atoms with Crippen molar-refractivity contribution in [2.45, 2.75) is 33.2 Å². The van der Waals surface area contributed by atoms with E-state index in [0.29, 0.717) is 12.3 Å². The van der Waals surface area contributed by atoms with Gasteiger partial charge in [-0.15, -0.1) is 0 Å². The fourth-order valence-corrected chi connectivity index (χ4v) is 1.47. The van der Waals surface area contributed by atoms with Crippen molar-refractivity contribution >= 4 is 11.8 Å². The molecule has 6 heteroatoms. The summed E-state index contributed by atoms with van der Waals surface area (Å²) >= 11 is 0. The van der Waals surface area contributed by atoms with Crippen LogP contribution < -0.4 is 10.7 Å². The molecule has 2 amide bonds. The van der Waals surface area contributed by atoms with Crippen LogP contribution in [-0.4, -0.2) is 27.7 Å². The number of carbonyl (C=O) groups excluding carboxylic acids is 2. The van der Waals surface area contributed by atoms with Gasteiger partial charge in [-0.2, -0.15) is 9.89 Å². The minimum atomic E-state index is -0.531. The maximum atomic E-state index is 11.9. The normalized spacial score (nSPS) is 12.2. The molecule has 0 aliphatic rings. The number of hydrogen-bond acceptors (Lipinski definition) is 3. The molecule has 6 nitrogen and oxygen atoms in total. The molecule has 1 heterocycles. The molecular formula is C11H18N4O2. The van der Waals surface area contributed by atoms with Gasteiger partial charge in [0.15, 0.2) is 0 Å². The van der Waals surface area contributed by atoms with Crippen molar-refractivity contribution in [2.75, 3.05) is 5.43 Å². The summed E-state index contributed by atoms with van der Waals surface area (Å²) < 4.78 is 0. The molecule has 94 valence electrons. The molecule has 1 atom stereocenters. The number of amides is 2. The molecule has 0 fully saturated rings. The molecule has 1 rings (SSSR count). The van der Waals surface area contributed by atoms with Gasteiger partial charge in [0.05, 0.1) is 6.20 Å². The number of nitrogens with zero attached hydrogens (tertiary/aromatic N) is 2. The van der Waals surface area contributed by atoms with E-state index in [1.807, 2.05) is 13.8 Å². The highest BCUT2D eigenvalue weighted by molar-refractivity contribution is 5.91. The molecular weight excluding hydrogens is 220 g/mol. The van der Waals surface area contributed by atoms with E-state index in [1.165, 1.54) is 11.7 Å². The number of carbonyl (C=O) groups is 2. The first-order chi connectivity index (χ1) is 7.99. The molecule has 0 saturated carbocycles. The van der Waals surface area contributed by atoms with Gasteiger partial charge in [-0.25, -0.2) is 5.43 Å². The summed E-state index contributed by atoms with van der Waals surface area (Å²) in [6, 6.07) is 1.17. The van der Waals surface area contributed by atoms with Gasteiger partial charge in [-0.3, -0.25) is 9.59 Å². The largest absolute Gasteiger partial charge is 0.344 e. The van der Waals surface area contributed by atoms with Crippen molar-refractivity contribution in [2.24, 2.45) is 5.92 Å². The molecule has 0 radical (unpaired) electrons. The van der Waals surface area contributed by atoms with Crippen LogP contribution in [0.2, 0.25) is 0 Å². The third-order valence-electron chi connectivity index (χ3n) is 2.13. The van der Waals surface area contributed by atoms with Crippen LogP contribution in [0, 0.1) is 5.92 Å². The van der Waals surface area contributed by atoms with Crippen LogP contribution in [0.3, 0.4) is 0 Å². The topological polar surface area (TPSA) is 76.0 Å². The summed E-state index contributed by atoms with van der Waals surface area (Å²) in [5.74, 6) is -0.168. The van der Waals surface area contributed by atoms with Crippen molar-refractivity contribution in [3.63, 3.8) is 0 Å². The summed E-state index contributed by atoms with van der Waals surface area (Å²) in [5.41, 5.74) is 2.58. The highest BCUT2D eigenvalue weighted by Crippen LogP contribution is 2.05. The molecule has 0 bridgehead atoms. The van der Waals surface area contributed by atoms with Crippen LogP contribution in [0.5, 0.6) is 0 Å². The quantitative estimate of drug-likeness (QED) is 0.784. The lowest BCUT2D eigenvalue weighted by molar-refractivity contribution is -0.126. The van der Waals surface area contributed by atoms with Crippen LogP contribution >= 0.6 is 0 Å². The second-order valence-corrected chi connectivity index (χ2v) is 4.31. The number of hydrogen-bond donors (Lipinski definition) is 2. The summed E-state index contributed by atoms with van der Waals surface area (Å²) in [7, 11) is 0. The highest BCUT2D eigenvalue weighted by Gasteiger charge is 2.20. The van der Waals surface area contributed by atoms with E-state index in [1.54, 1.807) is 18.5 Å². The summed E-state index contributed by atoms with van der Waals surface area (Å²) in [5, 5.41) is 6.50.